The number of hydrogen-bond acceptors (Lipinski definition) is 5. The fourth-order valence-corrected chi connectivity index (χ4v) is 4.37. The molecule has 1 amide bonds. The van der Waals surface area contributed by atoms with Gasteiger partial charge in [-0.15, -0.1) is 0 Å². The third-order valence-corrected chi connectivity index (χ3v) is 5.72. The molecule has 148 valence electrons. The number of hydrogen-bond donors (Lipinski definition) is 0. The number of aromatic nitrogens is 2. The Morgan fingerprint density at radius 3 is 2.72 bits per heavy atom. The van der Waals surface area contributed by atoms with Crippen LogP contribution >= 0.6 is 0 Å². The summed E-state index contributed by atoms with van der Waals surface area (Å²) in [7, 11) is 0. The predicted molar refractivity (Wildman–Crippen MR) is 108 cm³/mol. The molecule has 0 bridgehead atoms. The number of halogens is 1. The zero-order valence-corrected chi connectivity index (χ0v) is 15.9. The SMILES string of the molecule is O=C1C[C@@]2(COCCN(c3ncnc4ccccc34)C2)CN1c1ccc(F)cc1. The highest BCUT2D eigenvalue weighted by molar-refractivity contribution is 5.96. The second kappa shape index (κ2) is 7.08. The van der Waals surface area contributed by atoms with Crippen LogP contribution in [0.3, 0.4) is 0 Å². The highest BCUT2D eigenvalue weighted by atomic mass is 19.1. The van der Waals surface area contributed by atoms with E-state index in [1.807, 2.05) is 24.3 Å². The molecular formula is C22H21FN4O2. The van der Waals surface area contributed by atoms with Crippen LogP contribution in [0.2, 0.25) is 0 Å². The summed E-state index contributed by atoms with van der Waals surface area (Å²) in [6.07, 6.45) is 1.98. The van der Waals surface area contributed by atoms with Gasteiger partial charge in [0.1, 0.15) is 18.0 Å². The Morgan fingerprint density at radius 2 is 1.86 bits per heavy atom. The highest BCUT2D eigenvalue weighted by Crippen LogP contribution is 2.38. The van der Waals surface area contributed by atoms with Gasteiger partial charge in [-0.3, -0.25) is 4.79 Å². The lowest BCUT2D eigenvalue weighted by Crippen LogP contribution is -2.41. The lowest BCUT2D eigenvalue weighted by atomic mass is 9.87. The van der Waals surface area contributed by atoms with Gasteiger partial charge in [0.15, 0.2) is 0 Å². The Kier molecular flexibility index (Phi) is 4.39. The minimum atomic E-state index is -0.339. The van der Waals surface area contributed by atoms with E-state index in [4.69, 9.17) is 4.74 Å². The number of para-hydroxylation sites is 1. The largest absolute Gasteiger partial charge is 0.379 e. The highest BCUT2D eigenvalue weighted by Gasteiger charge is 2.46. The first kappa shape index (κ1) is 18.0. The van der Waals surface area contributed by atoms with Crippen molar-refractivity contribution in [2.75, 3.05) is 42.6 Å². The molecule has 2 saturated heterocycles. The summed E-state index contributed by atoms with van der Waals surface area (Å²) < 4.78 is 19.2. The lowest BCUT2D eigenvalue weighted by molar-refractivity contribution is -0.118. The van der Waals surface area contributed by atoms with Crippen LogP contribution in [0.4, 0.5) is 15.9 Å². The molecule has 5 rings (SSSR count). The number of carbonyl (C=O) groups excluding carboxylic acids is 1. The molecule has 7 heteroatoms. The van der Waals surface area contributed by atoms with Crippen LogP contribution in [0.1, 0.15) is 6.42 Å². The second-order valence-corrected chi connectivity index (χ2v) is 7.82. The number of rotatable bonds is 2. The van der Waals surface area contributed by atoms with Gasteiger partial charge in [0.25, 0.3) is 0 Å². The van der Waals surface area contributed by atoms with Gasteiger partial charge in [0, 0.05) is 42.5 Å². The lowest BCUT2D eigenvalue weighted by Gasteiger charge is -2.32. The maximum Gasteiger partial charge on any atom is 0.227 e. The van der Waals surface area contributed by atoms with Crippen LogP contribution in [0, 0.1) is 11.2 Å². The normalized spacial score (nSPS) is 22.4. The van der Waals surface area contributed by atoms with Crippen molar-refractivity contribution >= 4 is 28.3 Å². The number of fused-ring (bicyclic) bond motifs is 1. The topological polar surface area (TPSA) is 58.6 Å². The van der Waals surface area contributed by atoms with E-state index in [0.29, 0.717) is 39.3 Å². The zero-order chi connectivity index (χ0) is 19.8. The summed E-state index contributed by atoms with van der Waals surface area (Å²) in [6.45, 7) is 2.99. The molecule has 0 saturated carbocycles. The Morgan fingerprint density at radius 1 is 1.03 bits per heavy atom. The molecule has 3 aromatic rings. The van der Waals surface area contributed by atoms with Crippen molar-refractivity contribution in [3.63, 3.8) is 0 Å². The van der Waals surface area contributed by atoms with Gasteiger partial charge >= 0.3 is 0 Å². The van der Waals surface area contributed by atoms with Crippen LogP contribution in [-0.4, -0.2) is 48.7 Å². The molecule has 2 aliphatic rings. The number of nitrogens with zero attached hydrogens (tertiary/aromatic N) is 4. The first-order valence-electron chi connectivity index (χ1n) is 9.72. The molecule has 29 heavy (non-hydrogen) atoms. The van der Waals surface area contributed by atoms with E-state index in [0.717, 1.165) is 22.4 Å². The molecule has 0 unspecified atom stereocenters. The van der Waals surface area contributed by atoms with Crippen LogP contribution in [0.15, 0.2) is 54.9 Å². The van der Waals surface area contributed by atoms with Crippen molar-refractivity contribution in [3.05, 3.63) is 60.7 Å². The molecule has 1 spiro atoms. The number of carbonyl (C=O) groups is 1. The van der Waals surface area contributed by atoms with E-state index in [2.05, 4.69) is 14.9 Å². The standard InChI is InChI=1S/C22H21FN4O2/c23-16-5-7-17(8-6-16)27-13-22(11-20(27)28)12-26(9-10-29-14-22)21-18-3-1-2-4-19(18)24-15-25-21/h1-8,15H,9-14H2/t22-/m0/s1. The molecule has 6 nitrogen and oxygen atoms in total. The van der Waals surface area contributed by atoms with Crippen LogP contribution in [0.25, 0.3) is 10.9 Å². The smallest absolute Gasteiger partial charge is 0.227 e. The Balaban J connectivity index is 1.46. The van der Waals surface area contributed by atoms with Crippen molar-refractivity contribution in [2.45, 2.75) is 6.42 Å². The average molecular weight is 392 g/mol. The Hall–Kier alpha value is -3.06. The van der Waals surface area contributed by atoms with Gasteiger partial charge in [0.05, 0.1) is 18.7 Å². The van der Waals surface area contributed by atoms with Crippen molar-refractivity contribution in [3.8, 4) is 0 Å². The van der Waals surface area contributed by atoms with E-state index < -0.39 is 0 Å². The number of ether oxygens (including phenoxy) is 1. The molecule has 1 aromatic heterocycles. The molecule has 2 fully saturated rings. The molecule has 0 aliphatic carbocycles. The van der Waals surface area contributed by atoms with Crippen molar-refractivity contribution in [2.24, 2.45) is 5.41 Å². The van der Waals surface area contributed by atoms with Gasteiger partial charge in [-0.1, -0.05) is 12.1 Å². The van der Waals surface area contributed by atoms with Crippen molar-refractivity contribution in [1.82, 2.24) is 9.97 Å². The summed E-state index contributed by atoms with van der Waals surface area (Å²) in [6, 6.07) is 14.0. The molecule has 0 N–H and O–H groups in total. The van der Waals surface area contributed by atoms with E-state index >= 15 is 0 Å². The predicted octanol–water partition coefficient (Wildman–Crippen LogP) is 3.03. The summed E-state index contributed by atoms with van der Waals surface area (Å²) in [4.78, 5) is 25.7. The minimum absolute atomic E-state index is 0.0367. The summed E-state index contributed by atoms with van der Waals surface area (Å²) in [5, 5.41) is 0.992. The fraction of sp³-hybridized carbons (Fsp3) is 0.318. The fourth-order valence-electron chi connectivity index (χ4n) is 4.37. The quantitative estimate of drug-likeness (QED) is 0.671. The zero-order valence-electron chi connectivity index (χ0n) is 15.9. The van der Waals surface area contributed by atoms with Gasteiger partial charge < -0.3 is 14.5 Å². The second-order valence-electron chi connectivity index (χ2n) is 7.82. The minimum Gasteiger partial charge on any atom is -0.379 e. The third-order valence-electron chi connectivity index (χ3n) is 5.72. The van der Waals surface area contributed by atoms with E-state index in [9.17, 15) is 9.18 Å². The van der Waals surface area contributed by atoms with Crippen LogP contribution < -0.4 is 9.80 Å². The van der Waals surface area contributed by atoms with Gasteiger partial charge in [-0.25, -0.2) is 14.4 Å². The Labute approximate surface area is 167 Å². The van der Waals surface area contributed by atoms with Gasteiger partial charge in [0.2, 0.25) is 5.91 Å². The third kappa shape index (κ3) is 3.31. The van der Waals surface area contributed by atoms with E-state index in [1.54, 1.807) is 23.4 Å². The maximum atomic E-state index is 13.3. The molecule has 1 atom stereocenters. The monoisotopic (exact) mass is 392 g/mol. The average Bonchev–Trinajstić information content (AvgIpc) is 2.92. The first-order valence-corrected chi connectivity index (χ1v) is 9.72. The summed E-state index contributed by atoms with van der Waals surface area (Å²) >= 11 is 0. The Bertz CT molecular complexity index is 1050. The molecular weight excluding hydrogens is 371 g/mol. The molecule has 2 aliphatic heterocycles. The van der Waals surface area contributed by atoms with Crippen molar-refractivity contribution < 1.29 is 13.9 Å². The molecule has 0 radical (unpaired) electrons. The van der Waals surface area contributed by atoms with Crippen LogP contribution in [0.5, 0.6) is 0 Å². The van der Waals surface area contributed by atoms with Crippen molar-refractivity contribution in [1.29, 1.82) is 0 Å². The maximum absolute atomic E-state index is 13.3. The van der Waals surface area contributed by atoms with Gasteiger partial charge in [-0.2, -0.15) is 0 Å². The number of anilines is 2. The first-order chi connectivity index (χ1) is 14.1. The summed E-state index contributed by atoms with van der Waals surface area (Å²) in [5.74, 6) is 0.595. The number of amides is 1. The molecule has 2 aromatic carbocycles. The van der Waals surface area contributed by atoms with E-state index in [1.165, 1.54) is 12.1 Å². The molecule has 3 heterocycles. The number of benzene rings is 2. The van der Waals surface area contributed by atoms with Crippen LogP contribution in [-0.2, 0) is 9.53 Å². The van der Waals surface area contributed by atoms with Gasteiger partial charge in [-0.05, 0) is 36.4 Å². The summed E-state index contributed by atoms with van der Waals surface area (Å²) in [5.41, 5.74) is 1.28. The van der Waals surface area contributed by atoms with E-state index in [-0.39, 0.29) is 17.1 Å².